The predicted octanol–water partition coefficient (Wildman–Crippen LogP) is 7.65. The second-order valence-electron chi connectivity index (χ2n) is 7.78. The molecule has 6 heteroatoms. The number of hydrogen-bond donors (Lipinski definition) is 0. The lowest BCUT2D eigenvalue weighted by Crippen LogP contribution is -2.12. The molecule has 0 heterocycles. The molecule has 0 radical (unpaired) electrons. The summed E-state index contributed by atoms with van der Waals surface area (Å²) in [5.74, 6) is -6.78. The Bertz CT molecular complexity index is 1160. The Labute approximate surface area is 183 Å². The van der Waals surface area contributed by atoms with Crippen LogP contribution in [0, 0.1) is 0 Å². The molecule has 0 amide bonds. The number of allylic oxidation sites excluding steroid dienone is 7. The van der Waals surface area contributed by atoms with Gasteiger partial charge in [0.1, 0.15) is 11.7 Å². The normalized spacial score (nSPS) is 21.3. The van der Waals surface area contributed by atoms with Crippen molar-refractivity contribution in [1.82, 2.24) is 0 Å². The lowest BCUT2D eigenvalue weighted by molar-refractivity contribution is 0.0617. The maximum Gasteiger partial charge on any atom is 0.343 e. The molecule has 0 bridgehead atoms. The zero-order valence-electron chi connectivity index (χ0n) is 17.2. The van der Waals surface area contributed by atoms with E-state index < -0.39 is 46.9 Å². The molecule has 2 aromatic rings. The van der Waals surface area contributed by atoms with Crippen LogP contribution in [0.15, 0.2) is 101 Å². The van der Waals surface area contributed by atoms with Crippen molar-refractivity contribution in [1.29, 1.82) is 0 Å². The first-order chi connectivity index (χ1) is 15.4. The molecule has 0 N–H and O–H groups in total. The maximum absolute atomic E-state index is 14.6. The SMILES string of the molecule is CC1=CCC(c2ccc(C(=O)OC3=CCC(c4ccccc4)C(F)=C3F)cc2)C(F)=C1F. The first-order valence-electron chi connectivity index (χ1n) is 10.2. The van der Waals surface area contributed by atoms with Crippen LogP contribution in [0.5, 0.6) is 0 Å². The van der Waals surface area contributed by atoms with Crippen molar-refractivity contribution >= 4 is 5.97 Å². The van der Waals surface area contributed by atoms with E-state index in [2.05, 4.69) is 0 Å². The second-order valence-corrected chi connectivity index (χ2v) is 7.78. The first kappa shape index (κ1) is 21.8. The van der Waals surface area contributed by atoms with Gasteiger partial charge in [0.2, 0.25) is 0 Å². The highest BCUT2D eigenvalue weighted by Crippen LogP contribution is 2.40. The largest absolute Gasteiger partial charge is 0.420 e. The van der Waals surface area contributed by atoms with Crippen LogP contribution in [0.4, 0.5) is 17.6 Å². The average molecular weight is 440 g/mol. The van der Waals surface area contributed by atoms with Crippen LogP contribution in [0.1, 0.15) is 53.1 Å². The highest BCUT2D eigenvalue weighted by Gasteiger charge is 2.29. The monoisotopic (exact) mass is 440 g/mol. The van der Waals surface area contributed by atoms with Crippen molar-refractivity contribution in [3.63, 3.8) is 0 Å². The van der Waals surface area contributed by atoms with E-state index in [4.69, 9.17) is 4.74 Å². The summed E-state index contributed by atoms with van der Waals surface area (Å²) in [6.07, 6.45) is 3.42. The molecule has 0 spiro atoms. The van der Waals surface area contributed by atoms with Gasteiger partial charge in [-0.2, -0.15) is 4.39 Å². The van der Waals surface area contributed by atoms with Crippen LogP contribution in [0.3, 0.4) is 0 Å². The van der Waals surface area contributed by atoms with Crippen LogP contribution in [-0.4, -0.2) is 5.97 Å². The topological polar surface area (TPSA) is 26.3 Å². The van der Waals surface area contributed by atoms with Gasteiger partial charge in [0, 0.05) is 11.8 Å². The fourth-order valence-electron chi connectivity index (χ4n) is 3.86. The van der Waals surface area contributed by atoms with E-state index in [1.807, 2.05) is 0 Å². The van der Waals surface area contributed by atoms with E-state index in [9.17, 15) is 22.4 Å². The van der Waals surface area contributed by atoms with Gasteiger partial charge in [-0.05, 0) is 54.7 Å². The van der Waals surface area contributed by atoms with Crippen LogP contribution >= 0.6 is 0 Å². The number of ether oxygens (including phenoxy) is 1. The Kier molecular flexibility index (Phi) is 6.12. The van der Waals surface area contributed by atoms with Gasteiger partial charge < -0.3 is 4.74 Å². The molecule has 0 fully saturated rings. The molecule has 0 saturated heterocycles. The number of esters is 1. The third-order valence-corrected chi connectivity index (χ3v) is 5.75. The molecule has 2 unspecified atom stereocenters. The van der Waals surface area contributed by atoms with Crippen molar-refractivity contribution in [3.8, 4) is 0 Å². The molecule has 2 aromatic carbocycles. The summed E-state index contributed by atoms with van der Waals surface area (Å²) in [6, 6.07) is 14.4. The fraction of sp³-hybridized carbons (Fsp3) is 0.192. The number of carbonyl (C=O) groups is 1. The molecular formula is C26H20F4O2. The van der Waals surface area contributed by atoms with E-state index in [0.717, 1.165) is 0 Å². The summed E-state index contributed by atoms with van der Waals surface area (Å²) in [5.41, 5.74) is 1.47. The quantitative estimate of drug-likeness (QED) is 0.361. The highest BCUT2D eigenvalue weighted by molar-refractivity contribution is 5.90. The Morgan fingerprint density at radius 2 is 1.34 bits per heavy atom. The summed E-state index contributed by atoms with van der Waals surface area (Å²) in [7, 11) is 0. The number of rotatable bonds is 4. The standard InChI is InChI=1S/C26H20F4O2/c1-15-7-12-19(23(28)22(15)27)17-8-10-18(11-9-17)26(31)32-21-14-13-20(24(29)25(21)30)16-5-3-2-4-6-16/h2-11,14,19-20H,12-13H2,1H3. The summed E-state index contributed by atoms with van der Waals surface area (Å²) in [5, 5.41) is 0. The first-order valence-corrected chi connectivity index (χ1v) is 10.2. The van der Waals surface area contributed by atoms with Crippen molar-refractivity contribution in [2.45, 2.75) is 31.6 Å². The molecule has 0 aliphatic heterocycles. The smallest absolute Gasteiger partial charge is 0.343 e. The van der Waals surface area contributed by atoms with E-state index >= 15 is 0 Å². The minimum absolute atomic E-state index is 0.0837. The molecule has 2 nitrogen and oxygen atoms in total. The summed E-state index contributed by atoms with van der Waals surface area (Å²) in [6.45, 7) is 1.50. The van der Waals surface area contributed by atoms with Gasteiger partial charge in [0.25, 0.3) is 0 Å². The fourth-order valence-corrected chi connectivity index (χ4v) is 3.86. The molecule has 2 aliphatic carbocycles. The van der Waals surface area contributed by atoms with Gasteiger partial charge in [0.05, 0.1) is 5.56 Å². The third-order valence-electron chi connectivity index (χ3n) is 5.75. The lowest BCUT2D eigenvalue weighted by Gasteiger charge is -2.21. The van der Waals surface area contributed by atoms with E-state index in [0.29, 0.717) is 17.5 Å². The zero-order valence-corrected chi connectivity index (χ0v) is 17.2. The highest BCUT2D eigenvalue weighted by atomic mass is 19.2. The molecule has 0 aromatic heterocycles. The zero-order chi connectivity index (χ0) is 22.8. The van der Waals surface area contributed by atoms with Crippen LogP contribution < -0.4 is 0 Å². The van der Waals surface area contributed by atoms with Crippen molar-refractivity contribution in [2.24, 2.45) is 0 Å². The Balaban J connectivity index is 1.46. The average Bonchev–Trinajstić information content (AvgIpc) is 2.81. The van der Waals surface area contributed by atoms with Gasteiger partial charge in [-0.3, -0.25) is 0 Å². The van der Waals surface area contributed by atoms with Gasteiger partial charge in [0.15, 0.2) is 17.4 Å². The minimum Gasteiger partial charge on any atom is -0.420 e. The molecule has 2 aliphatic rings. The molecule has 32 heavy (non-hydrogen) atoms. The van der Waals surface area contributed by atoms with E-state index in [1.165, 1.54) is 37.3 Å². The van der Waals surface area contributed by atoms with Crippen LogP contribution in [-0.2, 0) is 4.74 Å². The van der Waals surface area contributed by atoms with Crippen LogP contribution in [0.2, 0.25) is 0 Å². The van der Waals surface area contributed by atoms with Crippen LogP contribution in [0.25, 0.3) is 0 Å². The molecular weight excluding hydrogens is 420 g/mol. The summed E-state index contributed by atoms with van der Waals surface area (Å²) in [4.78, 5) is 12.4. The Morgan fingerprint density at radius 3 is 2.00 bits per heavy atom. The number of halogens is 4. The Morgan fingerprint density at radius 1 is 0.781 bits per heavy atom. The van der Waals surface area contributed by atoms with Gasteiger partial charge in [-0.15, -0.1) is 0 Å². The second kappa shape index (κ2) is 8.99. The van der Waals surface area contributed by atoms with E-state index in [-0.39, 0.29) is 17.6 Å². The van der Waals surface area contributed by atoms with Crippen molar-refractivity contribution in [3.05, 3.63) is 118 Å². The van der Waals surface area contributed by atoms with Crippen molar-refractivity contribution < 1.29 is 27.1 Å². The molecule has 0 saturated carbocycles. The lowest BCUT2D eigenvalue weighted by atomic mass is 9.88. The van der Waals surface area contributed by atoms with Gasteiger partial charge in [-0.1, -0.05) is 48.5 Å². The predicted molar refractivity (Wildman–Crippen MR) is 113 cm³/mol. The summed E-state index contributed by atoms with van der Waals surface area (Å²) < 4.78 is 62.3. The minimum atomic E-state index is -1.21. The molecule has 164 valence electrons. The number of hydrogen-bond acceptors (Lipinski definition) is 2. The molecule has 2 atom stereocenters. The van der Waals surface area contributed by atoms with Gasteiger partial charge >= 0.3 is 5.97 Å². The molecule has 4 rings (SSSR count). The van der Waals surface area contributed by atoms with Crippen molar-refractivity contribution in [2.75, 3.05) is 0 Å². The Hall–Kier alpha value is -3.41. The number of carbonyl (C=O) groups excluding carboxylic acids is 1. The summed E-state index contributed by atoms with van der Waals surface area (Å²) >= 11 is 0. The van der Waals surface area contributed by atoms with Gasteiger partial charge in [-0.25, -0.2) is 18.0 Å². The maximum atomic E-state index is 14.6. The number of benzene rings is 2. The third kappa shape index (κ3) is 4.17. The van der Waals surface area contributed by atoms with E-state index in [1.54, 1.807) is 36.4 Å².